The highest BCUT2D eigenvalue weighted by molar-refractivity contribution is 6.01. The molecule has 0 radical (unpaired) electrons. The van der Waals surface area contributed by atoms with E-state index in [1.807, 2.05) is 6.07 Å². The van der Waals surface area contributed by atoms with Crippen molar-refractivity contribution < 1.29 is 14.3 Å². The van der Waals surface area contributed by atoms with Crippen LogP contribution in [0.5, 0.6) is 5.75 Å². The fourth-order valence-electron chi connectivity index (χ4n) is 2.49. The fourth-order valence-corrected chi connectivity index (χ4v) is 2.49. The van der Waals surface area contributed by atoms with E-state index in [1.54, 1.807) is 48.5 Å². The molecule has 3 rings (SSSR count). The van der Waals surface area contributed by atoms with E-state index < -0.39 is 5.63 Å². The highest BCUT2D eigenvalue weighted by Crippen LogP contribution is 2.33. The van der Waals surface area contributed by atoms with Crippen LogP contribution in [0.25, 0.3) is 16.5 Å². The molecular formula is C19H14O4. The van der Waals surface area contributed by atoms with Crippen LogP contribution >= 0.6 is 0 Å². The summed E-state index contributed by atoms with van der Waals surface area (Å²) in [5.74, 6) is -0.413. The standard InChI is InChI=1S/C19H14O4/c1-12(20)11-15(13-7-3-2-4-8-13)17-18(21)14-9-5-6-10-16(14)23-19(17)22/h2-11,21H,1H3/b15-11+. The zero-order chi connectivity index (χ0) is 16.4. The third-order valence-electron chi connectivity index (χ3n) is 3.49. The lowest BCUT2D eigenvalue weighted by Crippen LogP contribution is -2.09. The lowest BCUT2D eigenvalue weighted by atomic mass is 9.96. The minimum absolute atomic E-state index is 0.00917. The van der Waals surface area contributed by atoms with Gasteiger partial charge in [0.1, 0.15) is 16.9 Å². The Labute approximate surface area is 132 Å². The molecule has 0 aliphatic carbocycles. The lowest BCUT2D eigenvalue weighted by Gasteiger charge is -2.10. The Bertz CT molecular complexity index is 966. The van der Waals surface area contributed by atoms with E-state index >= 15 is 0 Å². The Balaban J connectivity index is 2.36. The first-order chi connectivity index (χ1) is 11.1. The third kappa shape index (κ3) is 2.79. The maximum atomic E-state index is 12.4. The summed E-state index contributed by atoms with van der Waals surface area (Å²) in [4.78, 5) is 24.0. The van der Waals surface area contributed by atoms with Crippen molar-refractivity contribution in [1.29, 1.82) is 0 Å². The second kappa shape index (κ2) is 5.93. The molecule has 114 valence electrons. The van der Waals surface area contributed by atoms with Crippen LogP contribution in [0.15, 0.2) is 69.9 Å². The van der Waals surface area contributed by atoms with E-state index in [0.29, 0.717) is 22.1 Å². The van der Waals surface area contributed by atoms with Gasteiger partial charge in [0.15, 0.2) is 5.78 Å². The van der Waals surface area contributed by atoms with Crippen LogP contribution in [-0.4, -0.2) is 10.9 Å². The Morgan fingerprint density at radius 3 is 2.39 bits per heavy atom. The number of carbonyl (C=O) groups excluding carboxylic acids is 1. The number of para-hydroxylation sites is 1. The molecule has 0 spiro atoms. The predicted molar refractivity (Wildman–Crippen MR) is 88.4 cm³/mol. The van der Waals surface area contributed by atoms with E-state index in [-0.39, 0.29) is 17.1 Å². The zero-order valence-electron chi connectivity index (χ0n) is 12.4. The van der Waals surface area contributed by atoms with Crippen molar-refractivity contribution in [2.45, 2.75) is 6.92 Å². The number of benzene rings is 2. The number of aromatic hydroxyl groups is 1. The van der Waals surface area contributed by atoms with E-state index in [0.717, 1.165) is 0 Å². The van der Waals surface area contributed by atoms with Crippen LogP contribution in [0.3, 0.4) is 0 Å². The van der Waals surface area contributed by atoms with Gasteiger partial charge in [-0.1, -0.05) is 42.5 Å². The van der Waals surface area contributed by atoms with Gasteiger partial charge in [-0.25, -0.2) is 4.79 Å². The van der Waals surface area contributed by atoms with Gasteiger partial charge in [-0.15, -0.1) is 0 Å². The molecule has 1 heterocycles. The highest BCUT2D eigenvalue weighted by Gasteiger charge is 2.19. The van der Waals surface area contributed by atoms with E-state index in [1.165, 1.54) is 13.0 Å². The van der Waals surface area contributed by atoms with Crippen molar-refractivity contribution in [3.05, 3.63) is 82.2 Å². The topological polar surface area (TPSA) is 67.5 Å². The smallest absolute Gasteiger partial charge is 0.348 e. The average Bonchev–Trinajstić information content (AvgIpc) is 2.54. The molecule has 0 bridgehead atoms. The van der Waals surface area contributed by atoms with E-state index in [9.17, 15) is 14.7 Å². The van der Waals surface area contributed by atoms with Crippen molar-refractivity contribution in [1.82, 2.24) is 0 Å². The van der Waals surface area contributed by atoms with Crippen LogP contribution < -0.4 is 5.63 Å². The summed E-state index contributed by atoms with van der Waals surface area (Å²) in [7, 11) is 0. The Morgan fingerprint density at radius 2 is 1.70 bits per heavy atom. The van der Waals surface area contributed by atoms with Crippen LogP contribution in [0.4, 0.5) is 0 Å². The van der Waals surface area contributed by atoms with Crippen molar-refractivity contribution in [2.75, 3.05) is 0 Å². The van der Waals surface area contributed by atoms with Gasteiger partial charge in [-0.3, -0.25) is 4.79 Å². The molecule has 0 saturated heterocycles. The molecule has 2 aromatic carbocycles. The van der Waals surface area contributed by atoms with Gasteiger partial charge in [-0.05, 0) is 30.7 Å². The largest absolute Gasteiger partial charge is 0.506 e. The minimum Gasteiger partial charge on any atom is -0.506 e. The molecule has 0 amide bonds. The molecule has 23 heavy (non-hydrogen) atoms. The molecule has 1 aromatic heterocycles. The summed E-state index contributed by atoms with van der Waals surface area (Å²) >= 11 is 0. The monoisotopic (exact) mass is 306 g/mol. The van der Waals surface area contributed by atoms with Crippen molar-refractivity contribution >= 4 is 22.3 Å². The minimum atomic E-state index is -0.683. The van der Waals surface area contributed by atoms with Crippen LogP contribution in [0, 0.1) is 0 Å². The number of ketones is 1. The zero-order valence-corrected chi connectivity index (χ0v) is 12.4. The van der Waals surface area contributed by atoms with Crippen LogP contribution in [0.1, 0.15) is 18.1 Å². The molecule has 0 aliphatic heterocycles. The summed E-state index contributed by atoms with van der Waals surface area (Å²) < 4.78 is 5.29. The van der Waals surface area contributed by atoms with Gasteiger partial charge < -0.3 is 9.52 Å². The molecule has 4 nitrogen and oxygen atoms in total. The van der Waals surface area contributed by atoms with Crippen molar-refractivity contribution in [2.24, 2.45) is 0 Å². The molecule has 1 N–H and O–H groups in total. The summed E-state index contributed by atoms with van der Waals surface area (Å²) in [5.41, 5.74) is 0.604. The molecule has 0 fully saturated rings. The van der Waals surface area contributed by atoms with Gasteiger partial charge in [0.05, 0.1) is 5.39 Å². The summed E-state index contributed by atoms with van der Waals surface area (Å²) in [6.45, 7) is 1.39. The number of rotatable bonds is 3. The molecule has 3 aromatic rings. The lowest BCUT2D eigenvalue weighted by molar-refractivity contribution is -0.112. The highest BCUT2D eigenvalue weighted by atomic mass is 16.4. The van der Waals surface area contributed by atoms with Gasteiger partial charge in [0, 0.05) is 5.57 Å². The molecule has 0 atom stereocenters. The Kier molecular flexibility index (Phi) is 3.81. The molecule has 0 aliphatic rings. The second-order valence-electron chi connectivity index (χ2n) is 5.14. The average molecular weight is 306 g/mol. The normalized spacial score (nSPS) is 11.6. The number of hydrogen-bond acceptors (Lipinski definition) is 4. The third-order valence-corrected chi connectivity index (χ3v) is 3.49. The molecule has 0 saturated carbocycles. The number of fused-ring (bicyclic) bond motifs is 1. The first kappa shape index (κ1) is 14.8. The summed E-state index contributed by atoms with van der Waals surface area (Å²) in [6.07, 6.45) is 1.33. The first-order valence-corrected chi connectivity index (χ1v) is 7.11. The number of allylic oxidation sites excluding steroid dienone is 1. The quantitative estimate of drug-likeness (QED) is 0.594. The Morgan fingerprint density at radius 1 is 1.04 bits per heavy atom. The van der Waals surface area contributed by atoms with Gasteiger partial charge in [0.2, 0.25) is 0 Å². The van der Waals surface area contributed by atoms with Gasteiger partial charge in [0.25, 0.3) is 0 Å². The number of carbonyl (C=O) groups is 1. The van der Waals surface area contributed by atoms with E-state index in [4.69, 9.17) is 4.42 Å². The van der Waals surface area contributed by atoms with Gasteiger partial charge >= 0.3 is 5.63 Å². The fraction of sp³-hybridized carbons (Fsp3) is 0.0526. The van der Waals surface area contributed by atoms with Crippen molar-refractivity contribution in [3.8, 4) is 5.75 Å². The molecule has 0 unspecified atom stereocenters. The maximum Gasteiger partial charge on any atom is 0.348 e. The molecular weight excluding hydrogens is 292 g/mol. The van der Waals surface area contributed by atoms with Gasteiger partial charge in [-0.2, -0.15) is 0 Å². The second-order valence-corrected chi connectivity index (χ2v) is 5.14. The number of hydrogen-bond donors (Lipinski definition) is 1. The Hall–Kier alpha value is -3.14. The first-order valence-electron chi connectivity index (χ1n) is 7.11. The summed E-state index contributed by atoms with van der Waals surface area (Å²) in [6, 6.07) is 15.7. The van der Waals surface area contributed by atoms with Crippen molar-refractivity contribution in [3.63, 3.8) is 0 Å². The van der Waals surface area contributed by atoms with Crippen LogP contribution in [-0.2, 0) is 4.79 Å². The summed E-state index contributed by atoms with van der Waals surface area (Å²) in [5, 5.41) is 11.0. The van der Waals surface area contributed by atoms with E-state index in [2.05, 4.69) is 0 Å². The maximum absolute atomic E-state index is 12.4. The SMILES string of the molecule is CC(=O)/C=C(\c1ccccc1)c1c(O)c2ccccc2oc1=O. The van der Waals surface area contributed by atoms with Crippen LogP contribution in [0.2, 0.25) is 0 Å². The predicted octanol–water partition coefficient (Wildman–Crippen LogP) is 3.52. The molecule has 4 heteroatoms.